The van der Waals surface area contributed by atoms with E-state index < -0.39 is 9.84 Å². The number of nitrogens with two attached hydrogens (primary N) is 1. The fourth-order valence-corrected chi connectivity index (χ4v) is 4.55. The Morgan fingerprint density at radius 1 is 1.07 bits per heavy atom. The van der Waals surface area contributed by atoms with E-state index in [1.165, 1.54) is 12.1 Å². The van der Waals surface area contributed by atoms with Crippen molar-refractivity contribution in [3.63, 3.8) is 0 Å². The maximum Gasteiger partial charge on any atom is 0.254 e. The zero-order valence-corrected chi connectivity index (χ0v) is 17.7. The minimum Gasteiger partial charge on any atom is -0.339 e. The Labute approximate surface area is 172 Å². The van der Waals surface area contributed by atoms with E-state index >= 15 is 0 Å². The van der Waals surface area contributed by atoms with Crippen LogP contribution in [0.1, 0.15) is 36.0 Å². The summed E-state index contributed by atoms with van der Waals surface area (Å²) >= 11 is 0. The van der Waals surface area contributed by atoms with Crippen molar-refractivity contribution in [2.24, 2.45) is 11.7 Å². The molecular formula is C19H28ClN3O4S. The highest BCUT2D eigenvalue weighted by atomic mass is 35.5. The monoisotopic (exact) mass is 429 g/mol. The number of benzene rings is 1. The fraction of sp³-hybridized carbons (Fsp3) is 0.579. The minimum atomic E-state index is -3.36. The summed E-state index contributed by atoms with van der Waals surface area (Å²) in [6, 6.07) is 6.21. The topological polar surface area (TPSA) is 101 Å². The van der Waals surface area contributed by atoms with Crippen LogP contribution in [0.25, 0.3) is 0 Å². The van der Waals surface area contributed by atoms with Gasteiger partial charge in [-0.2, -0.15) is 0 Å². The summed E-state index contributed by atoms with van der Waals surface area (Å²) in [4.78, 5) is 29.1. The van der Waals surface area contributed by atoms with Crippen molar-refractivity contribution in [2.75, 3.05) is 32.4 Å². The summed E-state index contributed by atoms with van der Waals surface area (Å²) in [5.74, 6) is -0.0499. The van der Waals surface area contributed by atoms with Crippen molar-refractivity contribution >= 4 is 34.1 Å². The number of sulfone groups is 1. The van der Waals surface area contributed by atoms with E-state index in [-0.39, 0.29) is 41.1 Å². The zero-order chi connectivity index (χ0) is 19.6. The van der Waals surface area contributed by atoms with Crippen LogP contribution in [0.4, 0.5) is 0 Å². The Balaban J connectivity index is 0.00000280. The van der Waals surface area contributed by atoms with E-state index in [0.717, 1.165) is 31.9 Å². The molecule has 1 aliphatic heterocycles. The van der Waals surface area contributed by atoms with Crippen molar-refractivity contribution in [2.45, 2.75) is 36.6 Å². The number of hydrogen-bond acceptors (Lipinski definition) is 5. The lowest BCUT2D eigenvalue weighted by molar-refractivity contribution is -0.138. The van der Waals surface area contributed by atoms with Crippen molar-refractivity contribution in [1.29, 1.82) is 0 Å². The number of carbonyl (C=O) groups excluding carboxylic acids is 2. The third-order valence-corrected chi connectivity index (χ3v) is 6.56. The number of hydrogen-bond donors (Lipinski definition) is 1. The summed E-state index contributed by atoms with van der Waals surface area (Å²) < 4.78 is 23.4. The molecule has 0 spiro atoms. The normalized spacial score (nSPS) is 23.1. The molecule has 2 atom stereocenters. The molecule has 28 heavy (non-hydrogen) atoms. The second-order valence-electron chi connectivity index (χ2n) is 7.54. The lowest BCUT2D eigenvalue weighted by Gasteiger charge is -2.37. The van der Waals surface area contributed by atoms with Crippen LogP contribution in [0.5, 0.6) is 0 Å². The van der Waals surface area contributed by atoms with Crippen LogP contribution in [0.2, 0.25) is 0 Å². The average molecular weight is 430 g/mol. The third kappa shape index (κ3) is 5.24. The van der Waals surface area contributed by atoms with E-state index in [1.807, 2.05) is 4.90 Å². The van der Waals surface area contributed by atoms with Gasteiger partial charge in [0, 0.05) is 50.0 Å². The molecule has 1 aromatic rings. The highest BCUT2D eigenvalue weighted by Crippen LogP contribution is 2.25. The highest BCUT2D eigenvalue weighted by molar-refractivity contribution is 7.90. The highest BCUT2D eigenvalue weighted by Gasteiger charge is 2.31. The second kappa shape index (κ2) is 9.24. The van der Waals surface area contributed by atoms with E-state index in [1.54, 1.807) is 17.0 Å². The van der Waals surface area contributed by atoms with Gasteiger partial charge in [0.1, 0.15) is 0 Å². The van der Waals surface area contributed by atoms with Gasteiger partial charge in [-0.25, -0.2) is 8.42 Å². The minimum absolute atomic E-state index is 0. The van der Waals surface area contributed by atoms with Gasteiger partial charge >= 0.3 is 0 Å². The van der Waals surface area contributed by atoms with Gasteiger partial charge in [-0.15, -0.1) is 12.4 Å². The largest absolute Gasteiger partial charge is 0.339 e. The van der Waals surface area contributed by atoms with Crippen molar-refractivity contribution in [3.05, 3.63) is 29.8 Å². The molecule has 2 N–H and O–H groups in total. The molecule has 2 fully saturated rings. The van der Waals surface area contributed by atoms with Crippen LogP contribution >= 0.6 is 12.4 Å². The Morgan fingerprint density at radius 2 is 1.71 bits per heavy atom. The second-order valence-corrected chi connectivity index (χ2v) is 9.56. The number of amides is 2. The van der Waals surface area contributed by atoms with Gasteiger partial charge < -0.3 is 15.5 Å². The first-order valence-electron chi connectivity index (χ1n) is 9.39. The maximum atomic E-state index is 12.7. The molecule has 1 aliphatic carbocycles. The van der Waals surface area contributed by atoms with Gasteiger partial charge in [0.15, 0.2) is 9.84 Å². The molecular weight excluding hydrogens is 402 g/mol. The van der Waals surface area contributed by atoms with Crippen molar-refractivity contribution < 1.29 is 18.0 Å². The molecule has 1 saturated carbocycles. The smallest absolute Gasteiger partial charge is 0.254 e. The first-order valence-corrected chi connectivity index (χ1v) is 11.3. The molecule has 2 amide bonds. The summed E-state index contributed by atoms with van der Waals surface area (Å²) in [5, 5.41) is 0. The lowest BCUT2D eigenvalue weighted by Crippen LogP contribution is -2.52. The van der Waals surface area contributed by atoms with Gasteiger partial charge in [-0.05, 0) is 37.5 Å². The van der Waals surface area contributed by atoms with E-state index in [4.69, 9.17) is 5.73 Å². The predicted octanol–water partition coefficient (Wildman–Crippen LogP) is 1.31. The first kappa shape index (κ1) is 22.6. The summed E-state index contributed by atoms with van der Waals surface area (Å²) in [6.45, 7) is 1.91. The molecule has 1 saturated heterocycles. The number of carbonyl (C=O) groups is 2. The average Bonchev–Trinajstić information content (AvgIpc) is 2.66. The molecule has 2 aliphatic rings. The van der Waals surface area contributed by atoms with Crippen LogP contribution < -0.4 is 5.73 Å². The van der Waals surface area contributed by atoms with E-state index in [0.29, 0.717) is 31.7 Å². The lowest BCUT2D eigenvalue weighted by atomic mass is 9.85. The molecule has 0 aromatic heterocycles. The van der Waals surface area contributed by atoms with Crippen LogP contribution in [-0.2, 0) is 14.6 Å². The van der Waals surface area contributed by atoms with Gasteiger partial charge in [0.05, 0.1) is 4.90 Å². The number of piperazine rings is 1. The standard InChI is InChI=1S/C19H27N3O4S.ClH/c1-27(25,26)17-7-3-5-15(13-17)19(24)22-10-8-21(9-11-22)18(23)14-4-2-6-16(20)12-14;/h3,5,7,13-14,16H,2,4,6,8-12,20H2,1H3;1H. The van der Waals surface area contributed by atoms with Gasteiger partial charge in [-0.1, -0.05) is 12.5 Å². The predicted molar refractivity (Wildman–Crippen MR) is 109 cm³/mol. The third-order valence-electron chi connectivity index (χ3n) is 5.45. The maximum absolute atomic E-state index is 12.7. The zero-order valence-electron chi connectivity index (χ0n) is 16.0. The molecule has 7 nitrogen and oxygen atoms in total. The number of nitrogens with zero attached hydrogens (tertiary/aromatic N) is 2. The molecule has 156 valence electrons. The van der Waals surface area contributed by atoms with Gasteiger partial charge in [0.25, 0.3) is 5.91 Å². The first-order chi connectivity index (χ1) is 12.8. The fourth-order valence-electron chi connectivity index (χ4n) is 3.88. The Morgan fingerprint density at radius 3 is 2.32 bits per heavy atom. The number of rotatable bonds is 3. The van der Waals surface area contributed by atoms with Crippen molar-refractivity contribution in [3.8, 4) is 0 Å². The summed E-state index contributed by atoms with van der Waals surface area (Å²) in [7, 11) is -3.36. The van der Waals surface area contributed by atoms with E-state index in [9.17, 15) is 18.0 Å². The molecule has 1 aromatic carbocycles. The Bertz CT molecular complexity index is 822. The van der Waals surface area contributed by atoms with Crippen LogP contribution in [0.15, 0.2) is 29.2 Å². The van der Waals surface area contributed by atoms with Crippen molar-refractivity contribution in [1.82, 2.24) is 9.80 Å². The van der Waals surface area contributed by atoms with E-state index in [2.05, 4.69) is 0 Å². The van der Waals surface area contributed by atoms with Gasteiger partial charge in [0.2, 0.25) is 5.91 Å². The SMILES string of the molecule is CS(=O)(=O)c1cccc(C(=O)N2CCN(C(=O)C3CCCC(N)C3)CC2)c1.Cl. The van der Waals surface area contributed by atoms with Crippen LogP contribution in [0.3, 0.4) is 0 Å². The molecule has 0 bridgehead atoms. The summed E-state index contributed by atoms with van der Waals surface area (Å²) in [6.07, 6.45) is 4.74. The quantitative estimate of drug-likeness (QED) is 0.780. The molecule has 0 radical (unpaired) electrons. The molecule has 9 heteroatoms. The molecule has 3 rings (SSSR count). The molecule has 2 unspecified atom stereocenters. The van der Waals surface area contributed by atoms with Crippen LogP contribution in [0, 0.1) is 5.92 Å². The summed E-state index contributed by atoms with van der Waals surface area (Å²) in [5.41, 5.74) is 6.35. The Kier molecular flexibility index (Phi) is 7.47. The van der Waals surface area contributed by atoms with Crippen LogP contribution in [-0.4, -0.2) is 68.5 Å². The number of halogens is 1. The van der Waals surface area contributed by atoms with Gasteiger partial charge in [-0.3, -0.25) is 9.59 Å². The molecule has 1 heterocycles. The Hall–Kier alpha value is -1.64.